The zero-order valence-corrected chi connectivity index (χ0v) is 15.7. The van der Waals surface area contributed by atoms with Crippen molar-refractivity contribution in [3.63, 3.8) is 0 Å². The first-order valence-electron chi connectivity index (χ1n) is 9.42. The molecule has 0 saturated carbocycles. The predicted octanol–water partition coefficient (Wildman–Crippen LogP) is 3.49. The Morgan fingerprint density at radius 2 is 2.11 bits per heavy atom. The lowest BCUT2D eigenvalue weighted by Crippen LogP contribution is -2.41. The Morgan fingerprint density at radius 3 is 2.89 bits per heavy atom. The molecular formula is C21H24N4O2. The van der Waals surface area contributed by atoms with E-state index >= 15 is 0 Å². The van der Waals surface area contributed by atoms with E-state index < -0.39 is 0 Å². The smallest absolute Gasteiger partial charge is 0.254 e. The van der Waals surface area contributed by atoms with Crippen molar-refractivity contribution in [3.8, 4) is 0 Å². The van der Waals surface area contributed by atoms with Gasteiger partial charge in [0.05, 0.1) is 22.8 Å². The van der Waals surface area contributed by atoms with Gasteiger partial charge in [-0.3, -0.25) is 9.78 Å². The summed E-state index contributed by atoms with van der Waals surface area (Å²) in [4.78, 5) is 24.0. The minimum Gasteiger partial charge on any atom is -0.466 e. The molecule has 0 radical (unpaired) electrons. The number of benzene rings is 1. The second-order valence-electron chi connectivity index (χ2n) is 7.21. The normalized spacial score (nSPS) is 17.3. The van der Waals surface area contributed by atoms with Crippen LogP contribution in [0, 0.1) is 19.8 Å². The molecule has 27 heavy (non-hydrogen) atoms. The second-order valence-corrected chi connectivity index (χ2v) is 7.21. The summed E-state index contributed by atoms with van der Waals surface area (Å²) in [5, 5.41) is 3.06. The second kappa shape index (κ2) is 7.39. The zero-order valence-electron chi connectivity index (χ0n) is 15.7. The van der Waals surface area contributed by atoms with Gasteiger partial charge in [0, 0.05) is 19.6 Å². The van der Waals surface area contributed by atoms with E-state index in [9.17, 15) is 4.79 Å². The van der Waals surface area contributed by atoms with Gasteiger partial charge < -0.3 is 14.6 Å². The quantitative estimate of drug-likeness (QED) is 0.767. The van der Waals surface area contributed by atoms with Crippen molar-refractivity contribution in [3.05, 3.63) is 53.6 Å². The highest BCUT2D eigenvalue weighted by molar-refractivity contribution is 5.95. The molecule has 1 aliphatic heterocycles. The number of nitrogens with zero attached hydrogens (tertiary/aromatic N) is 3. The molecule has 0 aliphatic carbocycles. The highest BCUT2D eigenvalue weighted by Crippen LogP contribution is 2.23. The summed E-state index contributed by atoms with van der Waals surface area (Å²) in [5.41, 5.74) is 2.45. The maximum atomic E-state index is 12.4. The number of aromatic nitrogens is 2. The molecule has 0 bridgehead atoms. The summed E-state index contributed by atoms with van der Waals surface area (Å²) < 4.78 is 5.45. The number of nitrogens with one attached hydrogen (secondary N) is 1. The molecular weight excluding hydrogens is 340 g/mol. The van der Waals surface area contributed by atoms with Crippen LogP contribution in [0.5, 0.6) is 0 Å². The average molecular weight is 364 g/mol. The monoisotopic (exact) mass is 364 g/mol. The number of hydrogen-bond donors (Lipinski definition) is 1. The molecule has 6 heteroatoms. The third kappa shape index (κ3) is 3.79. The largest absolute Gasteiger partial charge is 0.466 e. The number of amides is 1. The fourth-order valence-corrected chi connectivity index (χ4v) is 3.73. The van der Waals surface area contributed by atoms with Crippen molar-refractivity contribution < 1.29 is 9.21 Å². The summed E-state index contributed by atoms with van der Waals surface area (Å²) in [5.74, 6) is 2.67. The van der Waals surface area contributed by atoms with Gasteiger partial charge in [-0.15, -0.1) is 0 Å². The Kier molecular flexibility index (Phi) is 4.79. The number of rotatable bonds is 4. The van der Waals surface area contributed by atoms with Gasteiger partial charge in [0.1, 0.15) is 17.3 Å². The molecule has 1 aliphatic rings. The fraction of sp³-hybridized carbons (Fsp3) is 0.381. The van der Waals surface area contributed by atoms with Crippen LogP contribution in [0.3, 0.4) is 0 Å². The molecule has 0 spiro atoms. The number of piperidine rings is 1. The maximum Gasteiger partial charge on any atom is 0.254 e. The van der Waals surface area contributed by atoms with Gasteiger partial charge in [-0.1, -0.05) is 12.1 Å². The fourth-order valence-electron chi connectivity index (χ4n) is 3.73. The Hall–Kier alpha value is -2.89. The number of aryl methyl sites for hydroxylation is 2. The number of anilines is 1. The van der Waals surface area contributed by atoms with E-state index in [0.29, 0.717) is 23.8 Å². The molecule has 140 valence electrons. The Morgan fingerprint density at radius 1 is 1.30 bits per heavy atom. The lowest BCUT2D eigenvalue weighted by atomic mass is 9.98. The summed E-state index contributed by atoms with van der Waals surface area (Å²) in [7, 11) is 0. The van der Waals surface area contributed by atoms with Gasteiger partial charge in [0.25, 0.3) is 5.91 Å². The molecule has 1 aromatic carbocycles. The molecule has 1 atom stereocenters. The van der Waals surface area contributed by atoms with Gasteiger partial charge in [0.15, 0.2) is 0 Å². The number of hydrogen-bond acceptors (Lipinski definition) is 5. The maximum absolute atomic E-state index is 12.4. The van der Waals surface area contributed by atoms with Crippen LogP contribution in [0.1, 0.15) is 34.7 Å². The van der Waals surface area contributed by atoms with Crippen molar-refractivity contribution in [1.29, 1.82) is 0 Å². The van der Waals surface area contributed by atoms with Crippen molar-refractivity contribution in [2.45, 2.75) is 26.7 Å². The average Bonchev–Trinajstić information content (AvgIpc) is 3.04. The van der Waals surface area contributed by atoms with Crippen LogP contribution >= 0.6 is 0 Å². The molecule has 6 nitrogen and oxygen atoms in total. The lowest BCUT2D eigenvalue weighted by Gasteiger charge is -2.33. The van der Waals surface area contributed by atoms with Gasteiger partial charge in [0.2, 0.25) is 0 Å². The molecule has 1 amide bonds. The molecule has 1 unspecified atom stereocenters. The molecule has 1 saturated heterocycles. The third-order valence-electron chi connectivity index (χ3n) is 5.12. The van der Waals surface area contributed by atoms with Crippen molar-refractivity contribution in [2.24, 2.45) is 5.92 Å². The standard InChI is InChI=1S/C21H24N4O2/c1-14-10-17(15(2)27-14)21(26)23-11-16-6-5-9-25(13-16)20-12-22-18-7-3-4-8-19(18)24-20/h3-4,7-8,10,12,16H,5-6,9,11,13H2,1-2H3,(H,23,26). The van der Waals surface area contributed by atoms with Crippen molar-refractivity contribution >= 4 is 22.8 Å². The third-order valence-corrected chi connectivity index (χ3v) is 5.12. The van der Waals surface area contributed by atoms with Crippen LogP contribution < -0.4 is 10.2 Å². The van der Waals surface area contributed by atoms with Crippen LogP contribution in [-0.2, 0) is 0 Å². The molecule has 1 fully saturated rings. The summed E-state index contributed by atoms with van der Waals surface area (Å²) in [6.07, 6.45) is 4.03. The summed E-state index contributed by atoms with van der Waals surface area (Å²) >= 11 is 0. The van der Waals surface area contributed by atoms with Gasteiger partial charge in [-0.2, -0.15) is 0 Å². The van der Waals surface area contributed by atoms with Crippen LogP contribution in [-0.4, -0.2) is 35.5 Å². The first kappa shape index (κ1) is 17.5. The van der Waals surface area contributed by atoms with E-state index in [1.165, 1.54) is 0 Å². The minimum absolute atomic E-state index is 0.0630. The molecule has 3 heterocycles. The van der Waals surface area contributed by atoms with Gasteiger partial charge in [-0.25, -0.2) is 4.98 Å². The molecule has 4 rings (SSSR count). The summed E-state index contributed by atoms with van der Waals surface area (Å²) in [6, 6.07) is 9.71. The highest BCUT2D eigenvalue weighted by atomic mass is 16.3. The van der Waals surface area contributed by atoms with Gasteiger partial charge >= 0.3 is 0 Å². The van der Waals surface area contributed by atoms with E-state index in [1.807, 2.05) is 44.3 Å². The number of para-hydroxylation sites is 2. The topological polar surface area (TPSA) is 71.3 Å². The van der Waals surface area contributed by atoms with Gasteiger partial charge in [-0.05, 0) is 50.8 Å². The number of fused-ring (bicyclic) bond motifs is 1. The van der Waals surface area contributed by atoms with E-state index in [0.717, 1.165) is 48.5 Å². The van der Waals surface area contributed by atoms with E-state index in [2.05, 4.69) is 15.2 Å². The van der Waals surface area contributed by atoms with Crippen LogP contribution in [0.15, 0.2) is 40.9 Å². The van der Waals surface area contributed by atoms with Crippen LogP contribution in [0.2, 0.25) is 0 Å². The zero-order chi connectivity index (χ0) is 18.8. The molecule has 1 N–H and O–H groups in total. The Bertz CT molecular complexity index is 966. The summed E-state index contributed by atoms with van der Waals surface area (Å²) in [6.45, 7) is 6.17. The van der Waals surface area contributed by atoms with Crippen molar-refractivity contribution in [2.75, 3.05) is 24.5 Å². The first-order chi connectivity index (χ1) is 13.1. The van der Waals surface area contributed by atoms with Crippen LogP contribution in [0.4, 0.5) is 5.82 Å². The number of carbonyl (C=O) groups excluding carboxylic acids is 1. The predicted molar refractivity (Wildman–Crippen MR) is 105 cm³/mol. The number of carbonyl (C=O) groups is 1. The Balaban J connectivity index is 1.40. The minimum atomic E-state index is -0.0630. The van der Waals surface area contributed by atoms with Crippen LogP contribution in [0.25, 0.3) is 11.0 Å². The SMILES string of the molecule is Cc1cc(C(=O)NCC2CCCN(c3cnc4ccccc4n3)C2)c(C)o1. The lowest BCUT2D eigenvalue weighted by molar-refractivity contribution is 0.0944. The van der Waals surface area contributed by atoms with Crippen molar-refractivity contribution in [1.82, 2.24) is 15.3 Å². The van der Waals surface area contributed by atoms with E-state index in [1.54, 1.807) is 6.07 Å². The molecule has 3 aromatic rings. The number of furan rings is 1. The first-order valence-corrected chi connectivity index (χ1v) is 9.42. The Labute approximate surface area is 158 Å². The molecule has 2 aromatic heterocycles. The highest BCUT2D eigenvalue weighted by Gasteiger charge is 2.23. The van der Waals surface area contributed by atoms with E-state index in [-0.39, 0.29) is 5.91 Å². The van der Waals surface area contributed by atoms with E-state index in [4.69, 9.17) is 9.40 Å².